The molecule has 6 rings (SSSR count). The minimum absolute atomic E-state index is 0.204. The number of anilines is 2. The Balaban J connectivity index is 1.36. The number of aromatic amines is 1. The Hall–Kier alpha value is -3.59. The van der Waals surface area contributed by atoms with E-state index >= 15 is 0 Å². The number of aromatic nitrogens is 1. The fourth-order valence-corrected chi connectivity index (χ4v) is 8.21. The molecule has 3 unspecified atom stereocenters. The van der Waals surface area contributed by atoms with Crippen molar-refractivity contribution in [3.8, 4) is 5.75 Å². The fourth-order valence-electron chi connectivity index (χ4n) is 5.20. The van der Waals surface area contributed by atoms with Gasteiger partial charge >= 0.3 is 11.0 Å². The van der Waals surface area contributed by atoms with Gasteiger partial charge in [0.05, 0.1) is 22.2 Å². The lowest BCUT2D eigenvalue weighted by Gasteiger charge is -2.31. The third kappa shape index (κ3) is 5.78. The fraction of sp³-hybridized carbons (Fsp3) is 0.172. The molecule has 2 aliphatic rings. The van der Waals surface area contributed by atoms with Gasteiger partial charge in [-0.1, -0.05) is 56.7 Å². The molecule has 3 amide bonds. The zero-order valence-electron chi connectivity index (χ0n) is 22.0. The van der Waals surface area contributed by atoms with Crippen LogP contribution in [-0.4, -0.2) is 34.6 Å². The maximum Gasteiger partial charge on any atom is 0.416 e. The Morgan fingerprint density at radius 2 is 1.80 bits per heavy atom. The van der Waals surface area contributed by atoms with Crippen molar-refractivity contribution in [3.63, 3.8) is 0 Å². The summed E-state index contributed by atoms with van der Waals surface area (Å²) in [7, 11) is 0. The van der Waals surface area contributed by atoms with Crippen LogP contribution in [0.25, 0.3) is 0 Å². The van der Waals surface area contributed by atoms with Gasteiger partial charge in [0.25, 0.3) is 5.91 Å². The molecule has 3 atom stereocenters. The van der Waals surface area contributed by atoms with Crippen LogP contribution in [0.15, 0.2) is 81.0 Å². The molecule has 4 aromatic rings. The van der Waals surface area contributed by atoms with Gasteiger partial charge in [0, 0.05) is 31.5 Å². The summed E-state index contributed by atoms with van der Waals surface area (Å²) in [6.45, 7) is -0.410. The Labute approximate surface area is 268 Å². The first-order valence-corrected chi connectivity index (χ1v) is 15.7. The molecule has 1 fully saturated rings. The number of amides is 3. The first kappa shape index (κ1) is 30.4. The van der Waals surface area contributed by atoms with E-state index in [1.165, 1.54) is 6.07 Å². The van der Waals surface area contributed by atoms with Gasteiger partial charge in [-0.05, 0) is 60.7 Å². The van der Waals surface area contributed by atoms with E-state index in [2.05, 4.69) is 26.2 Å². The minimum Gasteiger partial charge on any atom is -0.483 e. The third-order valence-electron chi connectivity index (χ3n) is 7.05. The van der Waals surface area contributed by atoms with E-state index in [0.717, 1.165) is 46.2 Å². The number of hydrogen-bond donors (Lipinski definition) is 2. The van der Waals surface area contributed by atoms with Crippen molar-refractivity contribution in [1.82, 2.24) is 4.98 Å². The summed E-state index contributed by atoms with van der Waals surface area (Å²) in [6, 6.07) is 15.4. The number of nitrogens with zero attached hydrogens (tertiary/aromatic N) is 1. The smallest absolute Gasteiger partial charge is 0.416 e. The van der Waals surface area contributed by atoms with E-state index in [4.69, 9.17) is 16.3 Å². The second-order valence-corrected chi connectivity index (χ2v) is 13.4. The zero-order chi connectivity index (χ0) is 31.3. The summed E-state index contributed by atoms with van der Waals surface area (Å²) in [5.74, 6) is -3.64. The molecule has 44 heavy (non-hydrogen) atoms. The van der Waals surface area contributed by atoms with Crippen LogP contribution in [0.3, 0.4) is 0 Å². The van der Waals surface area contributed by atoms with Crippen molar-refractivity contribution in [2.45, 2.75) is 22.4 Å². The van der Waals surface area contributed by atoms with Crippen LogP contribution in [0.5, 0.6) is 5.75 Å². The van der Waals surface area contributed by atoms with Crippen molar-refractivity contribution < 1.29 is 32.3 Å². The standard InChI is InChI=1S/C29H18BrClF3N3O5S2/c30-14-4-9-19(42-12-20(38)35-16-7-5-15(31)6-8-16)18(11-14)21-22-24(43-25-23(21)44-28(41)36-25)27(40)37(26(22)39)17-3-1-2-13(10-17)29(32,33)34/h1-11,21-22,24H,12H2,(H,35,38)(H,36,41). The number of carbonyl (C=O) groups is 3. The van der Waals surface area contributed by atoms with E-state index in [1.807, 2.05) is 0 Å². The quantitative estimate of drug-likeness (QED) is 0.215. The first-order valence-electron chi connectivity index (χ1n) is 12.8. The molecule has 226 valence electrons. The van der Waals surface area contributed by atoms with Crippen LogP contribution in [-0.2, 0) is 20.6 Å². The lowest BCUT2D eigenvalue weighted by atomic mass is 9.82. The van der Waals surface area contributed by atoms with Crippen molar-refractivity contribution in [2.24, 2.45) is 5.92 Å². The molecule has 15 heteroatoms. The summed E-state index contributed by atoms with van der Waals surface area (Å²) >= 11 is 11.2. The van der Waals surface area contributed by atoms with Crippen molar-refractivity contribution in [3.05, 3.63) is 102 Å². The van der Waals surface area contributed by atoms with Crippen LogP contribution in [0.4, 0.5) is 24.5 Å². The number of imide groups is 1. The average molecular weight is 725 g/mol. The normalized spacial score (nSPS) is 19.5. The summed E-state index contributed by atoms with van der Waals surface area (Å²) in [4.78, 5) is 56.4. The Kier molecular flexibility index (Phi) is 8.11. The van der Waals surface area contributed by atoms with Crippen molar-refractivity contribution >= 4 is 79.7 Å². The molecule has 2 N–H and O–H groups in total. The number of carbonyl (C=O) groups excluding carboxylic acids is 3. The number of halogens is 5. The number of fused-ring (bicyclic) bond motifs is 2. The SMILES string of the molecule is O=C(COc1ccc(Br)cc1C1c2sc(=O)[nH]c2SC2C(=O)N(c3cccc(C(F)(F)F)c3)C(=O)C21)Nc1ccc(Cl)cc1. The highest BCUT2D eigenvalue weighted by molar-refractivity contribution is 9.10. The highest BCUT2D eigenvalue weighted by Crippen LogP contribution is 2.55. The predicted octanol–water partition coefficient (Wildman–Crippen LogP) is 6.68. The number of alkyl halides is 3. The molecule has 0 bridgehead atoms. The molecule has 0 aliphatic carbocycles. The summed E-state index contributed by atoms with van der Waals surface area (Å²) < 4.78 is 46.9. The topological polar surface area (TPSA) is 109 Å². The number of rotatable bonds is 6. The number of nitrogens with one attached hydrogen (secondary N) is 2. The lowest BCUT2D eigenvalue weighted by molar-refractivity contribution is -0.137. The van der Waals surface area contributed by atoms with E-state index in [9.17, 15) is 32.3 Å². The number of thiazole rings is 1. The van der Waals surface area contributed by atoms with Gasteiger partial charge in [-0.25, -0.2) is 4.90 Å². The zero-order valence-corrected chi connectivity index (χ0v) is 26.0. The van der Waals surface area contributed by atoms with E-state index in [0.29, 0.717) is 30.6 Å². The van der Waals surface area contributed by atoms with Crippen LogP contribution in [0.1, 0.15) is 21.9 Å². The molecule has 1 saturated heterocycles. The monoisotopic (exact) mass is 723 g/mol. The van der Waals surface area contributed by atoms with Crippen LogP contribution < -0.4 is 19.8 Å². The van der Waals surface area contributed by atoms with Gasteiger partial charge in [0.1, 0.15) is 11.0 Å². The average Bonchev–Trinajstić information content (AvgIpc) is 3.47. The van der Waals surface area contributed by atoms with Gasteiger partial charge in [0.2, 0.25) is 11.8 Å². The number of benzene rings is 3. The van der Waals surface area contributed by atoms with E-state index < -0.39 is 58.0 Å². The molecular formula is C29H18BrClF3N3O5S2. The molecule has 3 heterocycles. The Morgan fingerprint density at radius 3 is 2.52 bits per heavy atom. The predicted molar refractivity (Wildman–Crippen MR) is 164 cm³/mol. The maximum absolute atomic E-state index is 14.0. The van der Waals surface area contributed by atoms with Crippen LogP contribution in [0.2, 0.25) is 5.02 Å². The van der Waals surface area contributed by atoms with Crippen LogP contribution >= 0.6 is 50.6 Å². The molecule has 0 radical (unpaired) electrons. The highest BCUT2D eigenvalue weighted by atomic mass is 79.9. The number of thioether (sulfide) groups is 1. The number of ether oxygens (including phenoxy) is 1. The van der Waals surface area contributed by atoms with E-state index in [-0.39, 0.29) is 11.4 Å². The Bertz CT molecular complexity index is 1860. The molecule has 2 aliphatic heterocycles. The molecule has 0 spiro atoms. The summed E-state index contributed by atoms with van der Waals surface area (Å²) in [5.41, 5.74) is -0.294. The van der Waals surface area contributed by atoms with Gasteiger partial charge in [-0.3, -0.25) is 19.2 Å². The van der Waals surface area contributed by atoms with Crippen LogP contribution in [0, 0.1) is 5.92 Å². The highest BCUT2D eigenvalue weighted by Gasteiger charge is 2.57. The summed E-state index contributed by atoms with van der Waals surface area (Å²) in [5, 5.41) is 2.53. The van der Waals surface area contributed by atoms with Gasteiger partial charge < -0.3 is 15.0 Å². The van der Waals surface area contributed by atoms with Gasteiger partial charge in [0.15, 0.2) is 6.61 Å². The molecule has 1 aromatic heterocycles. The van der Waals surface area contributed by atoms with Crippen molar-refractivity contribution in [2.75, 3.05) is 16.8 Å². The number of H-pyrrole nitrogens is 1. The largest absolute Gasteiger partial charge is 0.483 e. The molecule has 3 aromatic carbocycles. The lowest BCUT2D eigenvalue weighted by Crippen LogP contribution is -2.32. The van der Waals surface area contributed by atoms with E-state index in [1.54, 1.807) is 42.5 Å². The molecule has 8 nitrogen and oxygen atoms in total. The summed E-state index contributed by atoms with van der Waals surface area (Å²) in [6.07, 6.45) is -4.68. The van der Waals surface area contributed by atoms with Crippen molar-refractivity contribution in [1.29, 1.82) is 0 Å². The minimum atomic E-state index is -4.68. The maximum atomic E-state index is 14.0. The first-order chi connectivity index (χ1) is 20.9. The van der Waals surface area contributed by atoms with Gasteiger partial charge in [-0.2, -0.15) is 13.2 Å². The molecular weight excluding hydrogens is 707 g/mol. The third-order valence-corrected chi connectivity index (χ3v) is 10.2. The second kappa shape index (κ2) is 11.7. The Morgan fingerprint density at radius 1 is 1.05 bits per heavy atom. The second-order valence-electron chi connectivity index (χ2n) is 9.84. The molecule has 0 saturated carbocycles. The number of hydrogen-bond acceptors (Lipinski definition) is 7. The van der Waals surface area contributed by atoms with Gasteiger partial charge in [-0.15, -0.1) is 0 Å².